The summed E-state index contributed by atoms with van der Waals surface area (Å²) in [6.07, 6.45) is 1.36. The number of halogens is 2. The highest BCUT2D eigenvalue weighted by atomic mass is 79.9. The van der Waals surface area contributed by atoms with Crippen LogP contribution in [0.2, 0.25) is 5.02 Å². The Hall–Kier alpha value is -1.89. The smallest absolute Gasteiger partial charge is 0.254 e. The summed E-state index contributed by atoms with van der Waals surface area (Å²) in [5.74, 6) is -0.0777. The molecule has 0 spiro atoms. The van der Waals surface area contributed by atoms with Crippen molar-refractivity contribution >= 4 is 39.3 Å². The summed E-state index contributed by atoms with van der Waals surface area (Å²) in [7, 11) is 0. The maximum Gasteiger partial charge on any atom is 0.254 e. The summed E-state index contributed by atoms with van der Waals surface area (Å²) in [6.45, 7) is 2.11. The molecular weight excluding hydrogens is 456 g/mol. The standard InChI is InChI=1S/C22H22BrClN2O3/c23-17-7-3-16(4-8-17)21(27)26-11-1-2-19(26)22(28)25-12-13-29-20(14-25)15-5-9-18(24)10-6-15/h3-10,19-20H,1-2,11-14H2. The molecule has 0 aliphatic carbocycles. The summed E-state index contributed by atoms with van der Waals surface area (Å²) >= 11 is 9.36. The van der Waals surface area contributed by atoms with Crippen LogP contribution < -0.4 is 0 Å². The van der Waals surface area contributed by atoms with E-state index in [0.717, 1.165) is 16.5 Å². The molecule has 0 saturated carbocycles. The van der Waals surface area contributed by atoms with Crippen LogP contribution in [0.1, 0.15) is 34.9 Å². The van der Waals surface area contributed by atoms with Crippen molar-refractivity contribution in [2.24, 2.45) is 0 Å². The van der Waals surface area contributed by atoms with E-state index in [2.05, 4.69) is 15.9 Å². The Labute approximate surface area is 183 Å². The lowest BCUT2D eigenvalue weighted by Crippen LogP contribution is -2.51. The molecule has 152 valence electrons. The minimum Gasteiger partial charge on any atom is -0.370 e. The Morgan fingerprint density at radius 3 is 2.48 bits per heavy atom. The van der Waals surface area contributed by atoms with Crippen LogP contribution in [0.5, 0.6) is 0 Å². The molecule has 2 unspecified atom stereocenters. The largest absolute Gasteiger partial charge is 0.370 e. The first-order valence-electron chi connectivity index (χ1n) is 9.75. The van der Waals surface area contributed by atoms with Gasteiger partial charge in [-0.1, -0.05) is 39.7 Å². The predicted molar refractivity (Wildman–Crippen MR) is 115 cm³/mol. The zero-order valence-electron chi connectivity index (χ0n) is 15.9. The van der Waals surface area contributed by atoms with E-state index in [9.17, 15) is 9.59 Å². The molecule has 0 N–H and O–H groups in total. The third-order valence-electron chi connectivity index (χ3n) is 5.51. The van der Waals surface area contributed by atoms with Crippen molar-refractivity contribution in [3.63, 3.8) is 0 Å². The van der Waals surface area contributed by atoms with Crippen molar-refractivity contribution in [1.82, 2.24) is 9.80 Å². The minimum atomic E-state index is -0.407. The van der Waals surface area contributed by atoms with Gasteiger partial charge >= 0.3 is 0 Å². The lowest BCUT2D eigenvalue weighted by molar-refractivity contribution is -0.143. The monoisotopic (exact) mass is 476 g/mol. The molecule has 29 heavy (non-hydrogen) atoms. The molecule has 2 aliphatic rings. The van der Waals surface area contributed by atoms with Crippen LogP contribution in [0.4, 0.5) is 0 Å². The normalized spacial score (nSPS) is 22.0. The van der Waals surface area contributed by atoms with Gasteiger partial charge in [0.2, 0.25) is 5.91 Å². The van der Waals surface area contributed by atoms with Crippen LogP contribution in [0, 0.1) is 0 Å². The number of nitrogens with zero attached hydrogens (tertiary/aromatic N) is 2. The fourth-order valence-corrected chi connectivity index (χ4v) is 4.35. The van der Waals surface area contributed by atoms with Crippen LogP contribution in [0.3, 0.4) is 0 Å². The minimum absolute atomic E-state index is 0.00947. The van der Waals surface area contributed by atoms with E-state index >= 15 is 0 Å². The van der Waals surface area contributed by atoms with Crippen molar-refractivity contribution in [2.75, 3.05) is 26.2 Å². The van der Waals surface area contributed by atoms with E-state index < -0.39 is 6.04 Å². The molecule has 0 aromatic heterocycles. The third-order valence-corrected chi connectivity index (χ3v) is 6.29. The number of hydrogen-bond donors (Lipinski definition) is 0. The van der Waals surface area contributed by atoms with Gasteiger partial charge in [0.1, 0.15) is 12.1 Å². The Bertz CT molecular complexity index is 888. The van der Waals surface area contributed by atoms with Gasteiger partial charge in [-0.15, -0.1) is 0 Å². The Morgan fingerprint density at radius 2 is 1.76 bits per heavy atom. The van der Waals surface area contributed by atoms with Crippen molar-refractivity contribution in [1.29, 1.82) is 0 Å². The van der Waals surface area contributed by atoms with Gasteiger partial charge in [0.15, 0.2) is 0 Å². The van der Waals surface area contributed by atoms with E-state index in [0.29, 0.717) is 43.2 Å². The SMILES string of the molecule is O=C(C1CCCN1C(=O)c1ccc(Br)cc1)N1CCOC(c2ccc(Cl)cc2)C1. The zero-order valence-corrected chi connectivity index (χ0v) is 18.2. The van der Waals surface area contributed by atoms with E-state index in [-0.39, 0.29) is 17.9 Å². The molecule has 2 fully saturated rings. The summed E-state index contributed by atoms with van der Waals surface area (Å²) in [5, 5.41) is 0.672. The van der Waals surface area contributed by atoms with Crippen LogP contribution >= 0.6 is 27.5 Å². The maximum absolute atomic E-state index is 13.3. The molecule has 2 amide bonds. The zero-order chi connectivity index (χ0) is 20.4. The second-order valence-electron chi connectivity index (χ2n) is 7.36. The molecule has 0 bridgehead atoms. The summed E-state index contributed by atoms with van der Waals surface area (Å²) in [5.41, 5.74) is 1.61. The number of likely N-dealkylation sites (tertiary alicyclic amines) is 1. The maximum atomic E-state index is 13.3. The van der Waals surface area contributed by atoms with Gasteiger partial charge in [0, 0.05) is 28.1 Å². The highest BCUT2D eigenvalue weighted by molar-refractivity contribution is 9.10. The van der Waals surface area contributed by atoms with Gasteiger partial charge in [-0.2, -0.15) is 0 Å². The number of carbonyl (C=O) groups is 2. The Morgan fingerprint density at radius 1 is 1.03 bits per heavy atom. The molecule has 2 saturated heterocycles. The van der Waals surface area contributed by atoms with Gasteiger partial charge in [-0.3, -0.25) is 9.59 Å². The van der Waals surface area contributed by atoms with Gasteiger partial charge in [0.05, 0.1) is 13.2 Å². The molecule has 2 aromatic carbocycles. The first-order valence-corrected chi connectivity index (χ1v) is 10.9. The van der Waals surface area contributed by atoms with Crippen LogP contribution in [-0.2, 0) is 9.53 Å². The molecule has 7 heteroatoms. The molecule has 0 radical (unpaired) electrons. The number of amides is 2. The number of ether oxygens (including phenoxy) is 1. The third kappa shape index (κ3) is 4.49. The van der Waals surface area contributed by atoms with Gasteiger partial charge in [-0.25, -0.2) is 0 Å². The molecule has 2 aromatic rings. The summed E-state index contributed by atoms with van der Waals surface area (Å²) in [6, 6.07) is 14.4. The molecule has 2 heterocycles. The molecule has 2 atom stereocenters. The fourth-order valence-electron chi connectivity index (χ4n) is 3.96. The lowest BCUT2D eigenvalue weighted by atomic mass is 10.1. The average Bonchev–Trinajstić information content (AvgIpc) is 3.24. The number of hydrogen-bond acceptors (Lipinski definition) is 3. The average molecular weight is 478 g/mol. The highest BCUT2D eigenvalue weighted by Gasteiger charge is 2.38. The lowest BCUT2D eigenvalue weighted by Gasteiger charge is -2.36. The van der Waals surface area contributed by atoms with E-state index in [4.69, 9.17) is 16.3 Å². The second-order valence-corrected chi connectivity index (χ2v) is 8.71. The van der Waals surface area contributed by atoms with Crippen molar-refractivity contribution < 1.29 is 14.3 Å². The van der Waals surface area contributed by atoms with Gasteiger partial charge < -0.3 is 14.5 Å². The predicted octanol–water partition coefficient (Wildman–Crippen LogP) is 4.31. The molecular formula is C22H22BrClN2O3. The quantitative estimate of drug-likeness (QED) is 0.662. The van der Waals surface area contributed by atoms with E-state index in [1.165, 1.54) is 0 Å². The summed E-state index contributed by atoms with van der Waals surface area (Å²) < 4.78 is 6.80. The molecule has 2 aliphatic heterocycles. The Kier molecular flexibility index (Phi) is 6.23. The fraction of sp³-hybridized carbons (Fsp3) is 0.364. The van der Waals surface area contributed by atoms with Crippen molar-refractivity contribution in [2.45, 2.75) is 25.0 Å². The topological polar surface area (TPSA) is 49.9 Å². The van der Waals surface area contributed by atoms with E-state index in [1.54, 1.807) is 17.0 Å². The number of benzene rings is 2. The van der Waals surface area contributed by atoms with E-state index in [1.807, 2.05) is 41.3 Å². The van der Waals surface area contributed by atoms with Crippen LogP contribution in [0.25, 0.3) is 0 Å². The summed E-state index contributed by atoms with van der Waals surface area (Å²) in [4.78, 5) is 29.8. The van der Waals surface area contributed by atoms with Crippen LogP contribution in [0.15, 0.2) is 53.0 Å². The number of morpholine rings is 1. The van der Waals surface area contributed by atoms with Crippen LogP contribution in [-0.4, -0.2) is 53.9 Å². The number of rotatable bonds is 3. The van der Waals surface area contributed by atoms with Gasteiger partial charge in [-0.05, 0) is 54.8 Å². The van der Waals surface area contributed by atoms with Gasteiger partial charge in [0.25, 0.3) is 5.91 Å². The molecule has 4 rings (SSSR count). The van der Waals surface area contributed by atoms with Crippen molar-refractivity contribution in [3.05, 3.63) is 69.2 Å². The highest BCUT2D eigenvalue weighted by Crippen LogP contribution is 2.27. The van der Waals surface area contributed by atoms with Crippen molar-refractivity contribution in [3.8, 4) is 0 Å². The first-order chi connectivity index (χ1) is 14.0. The first kappa shape index (κ1) is 20.4. The second kappa shape index (κ2) is 8.86. The number of carbonyl (C=O) groups excluding carboxylic acids is 2. The molecule has 5 nitrogen and oxygen atoms in total. The Balaban J connectivity index is 1.46.